The number of rotatable bonds is 8. The molecule has 2 aliphatic rings. The summed E-state index contributed by atoms with van der Waals surface area (Å²) in [6.45, 7) is -0.0206. The molecule has 2 saturated carbocycles. The number of hydrogen-bond donors (Lipinski definition) is 1. The lowest BCUT2D eigenvalue weighted by molar-refractivity contribution is 0.102. The average Bonchev–Trinajstić information content (AvgIpc) is 3.22. The second-order valence-corrected chi connectivity index (χ2v) is 12.8. The molecule has 2 atom stereocenters. The monoisotopic (exact) mass is 608 g/mol. The number of nitrogens with zero attached hydrogens (tertiary/aromatic N) is 1. The van der Waals surface area contributed by atoms with Gasteiger partial charge in [0.15, 0.2) is 27.3 Å². The predicted molar refractivity (Wildman–Crippen MR) is 145 cm³/mol. The number of amides is 1. The Kier molecular flexibility index (Phi) is 8.37. The lowest BCUT2D eigenvalue weighted by Gasteiger charge is -2.33. The summed E-state index contributed by atoms with van der Waals surface area (Å²) in [5, 5.41) is 5.48. The summed E-state index contributed by atoms with van der Waals surface area (Å²) < 4.78 is 81.8. The number of nitrogens with one attached hydrogen (secondary N) is 1. The van der Waals surface area contributed by atoms with E-state index in [-0.39, 0.29) is 51.3 Å². The van der Waals surface area contributed by atoms with E-state index in [4.69, 9.17) is 16.4 Å². The highest BCUT2D eigenvalue weighted by Crippen LogP contribution is 2.49. The minimum atomic E-state index is -3.96. The zero-order chi connectivity index (χ0) is 29.3. The Morgan fingerprint density at radius 1 is 0.976 bits per heavy atom. The molecule has 5 rings (SSSR count). The summed E-state index contributed by atoms with van der Waals surface area (Å²) in [6.07, 6.45) is 4.18. The van der Waals surface area contributed by atoms with Gasteiger partial charge in [0.2, 0.25) is 0 Å². The normalized spacial score (nSPS) is 22.2. The Balaban J connectivity index is 1.28. The van der Waals surface area contributed by atoms with Gasteiger partial charge >= 0.3 is 0 Å². The van der Waals surface area contributed by atoms with Gasteiger partial charge in [0, 0.05) is 35.2 Å². The molecule has 0 radical (unpaired) electrons. The molecule has 0 heterocycles. The lowest BCUT2D eigenvalue weighted by Crippen LogP contribution is -2.38. The predicted octanol–water partition coefficient (Wildman–Crippen LogP) is 6.93. The molecule has 2 bridgehead atoms. The largest absolute Gasteiger partial charge is 0.391 e. The fourth-order valence-electron chi connectivity index (χ4n) is 5.84. The van der Waals surface area contributed by atoms with E-state index in [9.17, 15) is 30.8 Å². The Bertz CT molecular complexity index is 1580. The van der Waals surface area contributed by atoms with E-state index >= 15 is 0 Å². The van der Waals surface area contributed by atoms with Gasteiger partial charge in [0.1, 0.15) is 12.4 Å². The number of hydrogen-bond acceptors (Lipinski definition) is 5. The fourth-order valence-corrected chi connectivity index (χ4v) is 8.71. The van der Waals surface area contributed by atoms with Gasteiger partial charge in [-0.1, -0.05) is 35.0 Å². The molecule has 0 saturated heterocycles. The molecule has 41 heavy (non-hydrogen) atoms. The van der Waals surface area contributed by atoms with Crippen LogP contribution in [0.4, 0.5) is 23.2 Å². The molecular weight excluding hydrogens is 584 g/mol. The lowest BCUT2D eigenvalue weighted by atomic mass is 9.81. The molecule has 1 N–H and O–H groups in total. The van der Waals surface area contributed by atoms with E-state index in [1.807, 2.05) is 0 Å². The SMILES string of the molecule is O=C(Nc1cc(F)c(F)c(F)c1)c1ccc(Cl)c(S(=O)(=O)C2C3CCC2CC(/C=N/OCc2ccccc2F)C3)c1. The van der Waals surface area contributed by atoms with Gasteiger partial charge in [-0.15, -0.1) is 0 Å². The number of anilines is 1. The highest BCUT2D eigenvalue weighted by atomic mass is 35.5. The second kappa shape index (κ2) is 11.8. The zero-order valence-electron chi connectivity index (χ0n) is 21.5. The molecule has 6 nitrogen and oxygen atoms in total. The molecule has 12 heteroatoms. The molecule has 0 aliphatic heterocycles. The van der Waals surface area contributed by atoms with E-state index in [1.54, 1.807) is 24.4 Å². The maximum Gasteiger partial charge on any atom is 0.255 e. The maximum absolute atomic E-state index is 13.8. The summed E-state index contributed by atoms with van der Waals surface area (Å²) in [5.74, 6) is -6.20. The highest BCUT2D eigenvalue weighted by Gasteiger charge is 2.49. The number of benzene rings is 3. The number of sulfone groups is 1. The summed E-state index contributed by atoms with van der Waals surface area (Å²) in [5.41, 5.74) is -0.0516. The first kappa shape index (κ1) is 29.1. The molecule has 1 amide bonds. The first-order valence-electron chi connectivity index (χ1n) is 12.9. The molecule has 216 valence electrons. The third-order valence-electron chi connectivity index (χ3n) is 7.67. The van der Waals surface area contributed by atoms with Crippen molar-refractivity contribution in [2.24, 2.45) is 22.9 Å². The van der Waals surface area contributed by atoms with Gasteiger partial charge in [-0.25, -0.2) is 26.0 Å². The third kappa shape index (κ3) is 6.11. The van der Waals surface area contributed by atoms with Crippen LogP contribution in [-0.4, -0.2) is 25.8 Å². The van der Waals surface area contributed by atoms with Crippen molar-refractivity contribution in [1.29, 1.82) is 0 Å². The van der Waals surface area contributed by atoms with Crippen molar-refractivity contribution in [3.05, 3.63) is 94.0 Å². The number of halogens is 5. The van der Waals surface area contributed by atoms with Gasteiger partial charge in [-0.05, 0) is 67.7 Å². The molecule has 3 aromatic carbocycles. The van der Waals surface area contributed by atoms with E-state index in [0.29, 0.717) is 43.4 Å². The van der Waals surface area contributed by atoms with Crippen molar-refractivity contribution in [3.63, 3.8) is 0 Å². The van der Waals surface area contributed by atoms with Crippen LogP contribution < -0.4 is 5.32 Å². The van der Waals surface area contributed by atoms with Crippen LogP contribution in [0.1, 0.15) is 41.6 Å². The number of carbonyl (C=O) groups is 1. The van der Waals surface area contributed by atoms with E-state index in [1.165, 1.54) is 18.2 Å². The average molecular weight is 609 g/mol. The molecule has 3 aromatic rings. The summed E-state index contributed by atoms with van der Waals surface area (Å²) in [4.78, 5) is 17.8. The Labute approximate surface area is 239 Å². The van der Waals surface area contributed by atoms with Crippen molar-refractivity contribution in [1.82, 2.24) is 0 Å². The fraction of sp³-hybridized carbons (Fsp3) is 0.310. The van der Waals surface area contributed by atoms with Crippen molar-refractivity contribution < 1.29 is 35.6 Å². The minimum Gasteiger partial charge on any atom is -0.391 e. The first-order valence-corrected chi connectivity index (χ1v) is 14.8. The molecule has 2 unspecified atom stereocenters. The summed E-state index contributed by atoms with van der Waals surface area (Å²) in [7, 11) is -3.96. The molecular formula is C29H25ClF4N2O4S. The van der Waals surface area contributed by atoms with Crippen LogP contribution in [0.15, 0.2) is 64.6 Å². The Morgan fingerprint density at radius 2 is 1.63 bits per heavy atom. The quantitative estimate of drug-likeness (QED) is 0.130. The van der Waals surface area contributed by atoms with Crippen LogP contribution in [0.2, 0.25) is 5.02 Å². The highest BCUT2D eigenvalue weighted by molar-refractivity contribution is 7.92. The maximum atomic E-state index is 13.8. The standard InChI is InChI=1S/C29H25ClF4N2O4S/c30-22-8-7-19(29(37)36-21-12-24(32)27(34)25(33)13-21)11-26(22)41(38,39)28-17-5-6-18(28)10-16(9-17)14-35-40-15-20-3-1-2-4-23(20)31/h1-4,7-8,11-14,16-18,28H,5-6,9-10,15H2,(H,36,37)/b35-14+. The van der Waals surface area contributed by atoms with Crippen molar-refractivity contribution in [2.45, 2.75) is 42.4 Å². The van der Waals surface area contributed by atoms with Crippen molar-refractivity contribution in [3.8, 4) is 0 Å². The van der Waals surface area contributed by atoms with Crippen LogP contribution in [0.3, 0.4) is 0 Å². The minimum absolute atomic E-state index is 0.0105. The second-order valence-electron chi connectivity index (χ2n) is 10.3. The van der Waals surface area contributed by atoms with Crippen LogP contribution in [-0.2, 0) is 21.3 Å². The van der Waals surface area contributed by atoms with Gasteiger partial charge in [-0.3, -0.25) is 4.79 Å². The number of carbonyl (C=O) groups excluding carboxylic acids is 1. The van der Waals surface area contributed by atoms with E-state index < -0.39 is 38.4 Å². The molecule has 2 aliphatic carbocycles. The van der Waals surface area contributed by atoms with E-state index in [2.05, 4.69) is 10.5 Å². The molecule has 0 spiro atoms. The molecule has 0 aromatic heterocycles. The van der Waals surface area contributed by atoms with Crippen LogP contribution in [0, 0.1) is 41.0 Å². The van der Waals surface area contributed by atoms with Crippen molar-refractivity contribution >= 4 is 39.2 Å². The van der Waals surface area contributed by atoms with Crippen LogP contribution in [0.25, 0.3) is 0 Å². The van der Waals surface area contributed by atoms with Crippen molar-refractivity contribution in [2.75, 3.05) is 5.32 Å². The van der Waals surface area contributed by atoms with Crippen LogP contribution >= 0.6 is 11.6 Å². The zero-order valence-corrected chi connectivity index (χ0v) is 23.1. The summed E-state index contributed by atoms with van der Waals surface area (Å²) >= 11 is 6.30. The topological polar surface area (TPSA) is 84.8 Å². The van der Waals surface area contributed by atoms with Gasteiger partial charge in [0.25, 0.3) is 5.91 Å². The third-order valence-corrected chi connectivity index (χ3v) is 10.6. The van der Waals surface area contributed by atoms with Crippen LogP contribution in [0.5, 0.6) is 0 Å². The first-order chi connectivity index (χ1) is 19.5. The summed E-state index contributed by atoms with van der Waals surface area (Å²) in [6, 6.07) is 11.2. The number of oxime groups is 1. The number of fused-ring (bicyclic) bond motifs is 2. The van der Waals surface area contributed by atoms with Gasteiger partial charge in [0.05, 0.1) is 15.2 Å². The van der Waals surface area contributed by atoms with E-state index in [0.717, 1.165) is 6.07 Å². The Morgan fingerprint density at radius 3 is 2.29 bits per heavy atom. The van der Waals surface area contributed by atoms with Gasteiger partial charge in [-0.2, -0.15) is 0 Å². The van der Waals surface area contributed by atoms with Gasteiger partial charge < -0.3 is 10.2 Å². The molecule has 2 fully saturated rings. The smallest absolute Gasteiger partial charge is 0.255 e. The Hall–Kier alpha value is -3.44.